The lowest BCUT2D eigenvalue weighted by Gasteiger charge is -2.60. The lowest BCUT2D eigenvalue weighted by Crippen LogP contribution is -2.70. The van der Waals surface area contributed by atoms with Gasteiger partial charge in [0, 0.05) is 62.7 Å². The third-order valence-corrected chi connectivity index (χ3v) is 16.6. The maximum absolute atomic E-state index is 12.4. The first-order chi connectivity index (χ1) is 33.7. The Bertz CT molecular complexity index is 1740. The van der Waals surface area contributed by atoms with Gasteiger partial charge in [0.15, 0.2) is 36.4 Å². The third kappa shape index (κ3) is 11.7. The number of carbonyl (C=O) groups is 3. The molecule has 0 unspecified atom stereocenters. The van der Waals surface area contributed by atoms with Gasteiger partial charge < -0.3 is 67.6 Å². The summed E-state index contributed by atoms with van der Waals surface area (Å²) >= 11 is 0. The molecule has 8 saturated heterocycles. The molecule has 0 aromatic heterocycles. The van der Waals surface area contributed by atoms with Crippen LogP contribution in [0.1, 0.15) is 112 Å². The SMILES string of the molecule is COC(=O)N(CCCCNC(=O)OCCOCCO[C@H]1O[C@@H]2O[C@@]3(C)CC[C@H]4[C@H](C)CC[C@@H]([C@H]1C)[C@@]24OO3)CCCNC(=O)OCCOCCO[C@H]1O[C@@H]2O[C@@]3(C)CC[C@H]4[C@H](C)CC[C@@H]([C@H]1C)[C@@]24OO3. The van der Waals surface area contributed by atoms with Crippen LogP contribution in [0.4, 0.5) is 14.4 Å². The Hall–Kier alpha value is -2.67. The molecule has 16 atom stereocenters. The molecule has 2 saturated carbocycles. The predicted octanol–water partition coefficient (Wildman–Crippen LogP) is 6.16. The van der Waals surface area contributed by atoms with E-state index < -0.39 is 66.2 Å². The lowest BCUT2D eigenvalue weighted by molar-refractivity contribution is -0.577. The van der Waals surface area contributed by atoms with E-state index in [2.05, 4.69) is 38.3 Å². The van der Waals surface area contributed by atoms with E-state index in [1.54, 1.807) is 4.90 Å². The molecule has 2 spiro atoms. The fourth-order valence-corrected chi connectivity index (χ4v) is 12.8. The number of rotatable bonds is 23. The lowest BCUT2D eigenvalue weighted by atomic mass is 9.58. The van der Waals surface area contributed by atoms with E-state index in [9.17, 15) is 14.4 Å². The van der Waals surface area contributed by atoms with Gasteiger partial charge in [-0.1, -0.05) is 27.7 Å². The van der Waals surface area contributed by atoms with E-state index in [-0.39, 0.29) is 50.1 Å². The molecular formula is C49H81N3O18. The normalized spacial score (nSPS) is 40.2. The number of carbonyl (C=O) groups excluding carboxylic acids is 3. The van der Waals surface area contributed by atoms with Crippen molar-refractivity contribution in [2.24, 2.45) is 47.3 Å². The van der Waals surface area contributed by atoms with Crippen molar-refractivity contribution in [3.05, 3.63) is 0 Å². The Kier molecular flexibility index (Phi) is 18.1. The third-order valence-electron chi connectivity index (χ3n) is 16.6. The number of hydrogen-bond acceptors (Lipinski definition) is 18. The Morgan fingerprint density at radius 1 is 0.557 bits per heavy atom. The second-order valence-electron chi connectivity index (χ2n) is 21.2. The Morgan fingerprint density at radius 2 is 1.01 bits per heavy atom. The fraction of sp³-hybridized carbons (Fsp3) is 0.939. The summed E-state index contributed by atoms with van der Waals surface area (Å²) in [5, 5.41) is 5.43. The molecule has 21 nitrogen and oxygen atoms in total. The molecule has 10 fully saturated rings. The van der Waals surface area contributed by atoms with E-state index in [0.29, 0.717) is 95.5 Å². The molecule has 10 aliphatic rings. The number of ether oxygens (including phenoxy) is 11. The molecule has 2 aliphatic carbocycles. The van der Waals surface area contributed by atoms with Crippen molar-refractivity contribution >= 4 is 18.3 Å². The van der Waals surface area contributed by atoms with Crippen molar-refractivity contribution in [2.75, 3.05) is 86.1 Å². The first-order valence-corrected chi connectivity index (χ1v) is 26.1. The number of methoxy groups -OCH3 is 1. The van der Waals surface area contributed by atoms with Crippen molar-refractivity contribution in [3.8, 4) is 0 Å². The maximum atomic E-state index is 12.4. The van der Waals surface area contributed by atoms with E-state index in [4.69, 9.17) is 71.7 Å². The number of hydrogen-bond donors (Lipinski definition) is 2. The van der Waals surface area contributed by atoms with E-state index in [0.717, 1.165) is 51.4 Å². The molecule has 0 aromatic carbocycles. The minimum Gasteiger partial charge on any atom is -0.453 e. The number of fused-ring (bicyclic) bond motifs is 4. The van der Waals surface area contributed by atoms with Crippen LogP contribution in [-0.4, -0.2) is 157 Å². The van der Waals surface area contributed by atoms with Crippen LogP contribution in [-0.2, 0) is 71.7 Å². The van der Waals surface area contributed by atoms with Crippen LogP contribution in [0, 0.1) is 47.3 Å². The first-order valence-electron chi connectivity index (χ1n) is 26.1. The van der Waals surface area contributed by atoms with Crippen molar-refractivity contribution in [1.82, 2.24) is 15.5 Å². The Morgan fingerprint density at radius 3 is 1.50 bits per heavy atom. The highest BCUT2D eigenvalue weighted by atomic mass is 17.3. The second kappa shape index (κ2) is 23.7. The van der Waals surface area contributed by atoms with E-state index >= 15 is 0 Å². The van der Waals surface area contributed by atoms with Crippen LogP contribution < -0.4 is 10.6 Å². The van der Waals surface area contributed by atoms with Gasteiger partial charge in [0.1, 0.15) is 13.2 Å². The van der Waals surface area contributed by atoms with Crippen molar-refractivity contribution in [3.63, 3.8) is 0 Å². The van der Waals surface area contributed by atoms with Gasteiger partial charge in [0.25, 0.3) is 0 Å². The topological polar surface area (TPSA) is 217 Å². The van der Waals surface area contributed by atoms with Gasteiger partial charge in [-0.15, -0.1) is 0 Å². The largest absolute Gasteiger partial charge is 0.453 e. The number of alkyl carbamates (subject to hydrolysis) is 2. The van der Waals surface area contributed by atoms with Gasteiger partial charge >= 0.3 is 18.3 Å². The van der Waals surface area contributed by atoms with Crippen molar-refractivity contribution < 1.29 is 86.0 Å². The second-order valence-corrected chi connectivity index (χ2v) is 21.2. The van der Waals surface area contributed by atoms with Crippen LogP contribution in [0.3, 0.4) is 0 Å². The molecule has 400 valence electrons. The minimum absolute atomic E-state index is 0.0682. The summed E-state index contributed by atoms with van der Waals surface area (Å²) in [7, 11) is 1.32. The van der Waals surface area contributed by atoms with Crippen LogP contribution in [0.15, 0.2) is 0 Å². The van der Waals surface area contributed by atoms with Crippen molar-refractivity contribution in [1.29, 1.82) is 0 Å². The summed E-state index contributed by atoms with van der Waals surface area (Å²) in [5.74, 6) is 0.378. The zero-order valence-corrected chi connectivity index (χ0v) is 42.5. The molecule has 0 radical (unpaired) electrons. The number of nitrogens with one attached hydrogen (secondary N) is 2. The monoisotopic (exact) mass is 1000 g/mol. The van der Waals surface area contributed by atoms with E-state index in [1.165, 1.54) is 7.11 Å². The molecule has 0 aromatic rings. The Labute approximate surface area is 412 Å². The van der Waals surface area contributed by atoms with Crippen LogP contribution in [0.2, 0.25) is 0 Å². The van der Waals surface area contributed by atoms with Gasteiger partial charge in [0.2, 0.25) is 11.6 Å². The van der Waals surface area contributed by atoms with Gasteiger partial charge in [0.05, 0.1) is 46.8 Å². The van der Waals surface area contributed by atoms with Crippen LogP contribution in [0.25, 0.3) is 0 Å². The zero-order valence-electron chi connectivity index (χ0n) is 42.5. The number of amides is 3. The molecule has 21 heteroatoms. The fourth-order valence-electron chi connectivity index (χ4n) is 12.8. The highest BCUT2D eigenvalue weighted by Crippen LogP contribution is 2.62. The smallest absolute Gasteiger partial charge is 0.409 e. The van der Waals surface area contributed by atoms with Crippen LogP contribution in [0.5, 0.6) is 0 Å². The average molecular weight is 1000 g/mol. The summed E-state index contributed by atoms with van der Waals surface area (Å²) in [6.07, 6.45) is 5.71. The predicted molar refractivity (Wildman–Crippen MR) is 244 cm³/mol. The highest BCUT2D eigenvalue weighted by Gasteiger charge is 2.71. The highest BCUT2D eigenvalue weighted by molar-refractivity contribution is 5.68. The molecule has 70 heavy (non-hydrogen) atoms. The van der Waals surface area contributed by atoms with Gasteiger partial charge in [-0.25, -0.2) is 33.9 Å². The minimum atomic E-state index is -0.841. The molecular weight excluding hydrogens is 919 g/mol. The van der Waals surface area contributed by atoms with Gasteiger partial charge in [-0.2, -0.15) is 0 Å². The molecule has 3 amide bonds. The quantitative estimate of drug-likeness (QED) is 0.0666. The standard InChI is InChI=1S/C49H81N3O18/c1-31-11-13-37-33(3)39(63-41-48(37)35(31)15-17-46(5,65-41)67-69-48)59-27-23-57-25-29-61-43(53)50-19-8-9-21-52(45(55)56-7)22-10-20-51-44(54)62-30-26-58-24-28-60-40-34(4)38-14-12-32(2)36-16-18-47(6)66-42(64-40)49(36,38)70-68-47/h31-42H,8-30H2,1-7H3,(H,50,53)(H,51,54)/t31-,32-,33-,34-,35+,36+,37+,38+,39+,40+,41-,42-,46-,47-,48-,49-/m1/s1. The summed E-state index contributed by atoms with van der Waals surface area (Å²) in [4.78, 5) is 62.7. The number of nitrogens with zero attached hydrogens (tertiary/aromatic N) is 1. The zero-order chi connectivity index (χ0) is 49.5. The molecule has 2 N–H and O–H groups in total. The summed E-state index contributed by atoms with van der Waals surface area (Å²) in [6.45, 7) is 15.9. The van der Waals surface area contributed by atoms with Gasteiger partial charge in [-0.3, -0.25) is 0 Å². The average Bonchev–Trinajstić information content (AvgIpc) is 3.72. The summed E-state index contributed by atoms with van der Waals surface area (Å²) in [5.41, 5.74) is -1.27. The van der Waals surface area contributed by atoms with Crippen molar-refractivity contribution in [2.45, 2.75) is 160 Å². The molecule has 8 heterocycles. The molecule has 10 rings (SSSR count). The van der Waals surface area contributed by atoms with E-state index in [1.807, 2.05) is 13.8 Å². The van der Waals surface area contributed by atoms with Gasteiger partial charge in [-0.05, 0) is 95.3 Å². The number of unbranched alkanes of at least 4 members (excludes halogenated alkanes) is 1. The van der Waals surface area contributed by atoms with Crippen LogP contribution >= 0.6 is 0 Å². The molecule has 4 bridgehead atoms. The summed E-state index contributed by atoms with van der Waals surface area (Å²) in [6, 6.07) is 0. The molecule has 8 aliphatic heterocycles. The Balaban J connectivity index is 0.614. The summed E-state index contributed by atoms with van der Waals surface area (Å²) < 4.78 is 64.8. The first kappa shape index (κ1) is 53.6. The maximum Gasteiger partial charge on any atom is 0.409 e.